The van der Waals surface area contributed by atoms with Crippen molar-refractivity contribution in [3.63, 3.8) is 0 Å². The van der Waals surface area contributed by atoms with Crippen molar-refractivity contribution in [2.75, 3.05) is 0 Å². The number of hydrogen-bond acceptors (Lipinski definition) is 1. The molecule has 0 atom stereocenters. The van der Waals surface area contributed by atoms with Crippen LogP contribution in [0.5, 0.6) is 0 Å². The lowest BCUT2D eigenvalue weighted by Crippen LogP contribution is -2.18. The second-order valence-electron chi connectivity index (χ2n) is 4.46. The molecular formula is C12H18FN. The summed E-state index contributed by atoms with van der Waals surface area (Å²) in [5, 5.41) is 0. The van der Waals surface area contributed by atoms with Crippen molar-refractivity contribution in [1.29, 1.82) is 0 Å². The molecule has 78 valence electrons. The molecule has 2 heteroatoms. The predicted octanol–water partition coefficient (Wildman–Crippen LogP) is 3.61. The van der Waals surface area contributed by atoms with Gasteiger partial charge in [-0.3, -0.25) is 0 Å². The van der Waals surface area contributed by atoms with Crippen LogP contribution in [0.1, 0.15) is 44.7 Å². The minimum atomic E-state index is -0.380. The van der Waals surface area contributed by atoms with Gasteiger partial charge in [0.25, 0.3) is 0 Å². The Morgan fingerprint density at radius 1 is 1.43 bits per heavy atom. The van der Waals surface area contributed by atoms with Crippen LogP contribution >= 0.6 is 0 Å². The lowest BCUT2D eigenvalue weighted by atomic mass is 9.79. The van der Waals surface area contributed by atoms with E-state index in [0.29, 0.717) is 0 Å². The van der Waals surface area contributed by atoms with Crippen molar-refractivity contribution in [1.82, 2.24) is 4.98 Å². The molecule has 0 saturated heterocycles. The smallest absolute Gasteiger partial charge is 0.213 e. The maximum absolute atomic E-state index is 13.0. The molecule has 0 radical (unpaired) electrons. The highest BCUT2D eigenvalue weighted by molar-refractivity contribution is 5.29. The van der Waals surface area contributed by atoms with Crippen molar-refractivity contribution in [3.05, 3.63) is 29.3 Å². The first-order chi connectivity index (χ1) is 6.47. The average Bonchev–Trinajstić information content (AvgIpc) is 2.09. The summed E-state index contributed by atoms with van der Waals surface area (Å²) in [5.41, 5.74) is 2.19. The maximum Gasteiger partial charge on any atom is 0.213 e. The van der Waals surface area contributed by atoms with Crippen molar-refractivity contribution in [2.24, 2.45) is 0 Å². The highest BCUT2D eigenvalue weighted by Gasteiger charge is 2.22. The highest BCUT2D eigenvalue weighted by atomic mass is 19.1. The van der Waals surface area contributed by atoms with Crippen LogP contribution in [-0.2, 0) is 5.41 Å². The minimum Gasteiger partial charge on any atom is -0.228 e. The van der Waals surface area contributed by atoms with E-state index in [9.17, 15) is 4.39 Å². The van der Waals surface area contributed by atoms with Gasteiger partial charge in [0.2, 0.25) is 5.95 Å². The fourth-order valence-corrected chi connectivity index (χ4v) is 1.99. The van der Waals surface area contributed by atoms with Gasteiger partial charge >= 0.3 is 0 Å². The lowest BCUT2D eigenvalue weighted by molar-refractivity contribution is 0.463. The molecule has 0 aliphatic carbocycles. The second kappa shape index (κ2) is 4.07. The zero-order chi connectivity index (χ0) is 10.8. The number of nitrogens with zero attached hydrogens (tertiary/aromatic N) is 1. The molecule has 0 aromatic carbocycles. The molecule has 0 aliphatic heterocycles. The van der Waals surface area contributed by atoms with Crippen LogP contribution in [0.3, 0.4) is 0 Å². The maximum atomic E-state index is 13.0. The molecule has 0 fully saturated rings. The molecule has 0 bridgehead atoms. The first-order valence-corrected chi connectivity index (χ1v) is 5.10. The summed E-state index contributed by atoms with van der Waals surface area (Å²) in [5.74, 6) is -0.380. The van der Waals surface area contributed by atoms with Gasteiger partial charge in [-0.2, -0.15) is 4.39 Å². The summed E-state index contributed by atoms with van der Waals surface area (Å²) in [7, 11) is 0. The molecule has 0 saturated carbocycles. The SMILES string of the molecule is CCCC(C)(C)c1cc(F)ncc1C. The molecule has 0 spiro atoms. The van der Waals surface area contributed by atoms with Gasteiger partial charge in [-0.1, -0.05) is 27.2 Å². The molecular weight excluding hydrogens is 177 g/mol. The molecule has 0 amide bonds. The van der Waals surface area contributed by atoms with Gasteiger partial charge in [0.15, 0.2) is 0 Å². The Hall–Kier alpha value is -0.920. The predicted molar refractivity (Wildman–Crippen MR) is 56.9 cm³/mol. The minimum absolute atomic E-state index is 0.0443. The van der Waals surface area contributed by atoms with Crippen LogP contribution in [0.25, 0.3) is 0 Å². The van der Waals surface area contributed by atoms with E-state index in [1.807, 2.05) is 6.92 Å². The van der Waals surface area contributed by atoms with Crippen molar-refractivity contribution in [3.8, 4) is 0 Å². The first kappa shape index (κ1) is 11.2. The number of rotatable bonds is 3. The van der Waals surface area contributed by atoms with Gasteiger partial charge in [0, 0.05) is 6.20 Å². The summed E-state index contributed by atoms with van der Waals surface area (Å²) in [6.45, 7) is 8.43. The Labute approximate surface area is 85.4 Å². The highest BCUT2D eigenvalue weighted by Crippen LogP contribution is 2.30. The van der Waals surface area contributed by atoms with Crippen molar-refractivity contribution in [2.45, 2.75) is 46.0 Å². The molecule has 1 nitrogen and oxygen atoms in total. The molecule has 1 heterocycles. The summed E-state index contributed by atoms with van der Waals surface area (Å²) < 4.78 is 13.0. The molecule has 1 aromatic heterocycles. The molecule has 0 N–H and O–H groups in total. The van der Waals surface area contributed by atoms with E-state index in [2.05, 4.69) is 25.8 Å². The quantitative estimate of drug-likeness (QED) is 0.671. The fraction of sp³-hybridized carbons (Fsp3) is 0.583. The average molecular weight is 195 g/mol. The Kier molecular flexibility index (Phi) is 3.25. The number of hydrogen-bond donors (Lipinski definition) is 0. The number of halogens is 1. The van der Waals surface area contributed by atoms with E-state index in [4.69, 9.17) is 0 Å². The van der Waals surface area contributed by atoms with E-state index in [1.54, 1.807) is 12.3 Å². The molecule has 1 aromatic rings. The summed E-state index contributed by atoms with van der Waals surface area (Å²) >= 11 is 0. The monoisotopic (exact) mass is 195 g/mol. The molecule has 14 heavy (non-hydrogen) atoms. The lowest BCUT2D eigenvalue weighted by Gasteiger charge is -2.26. The zero-order valence-electron chi connectivity index (χ0n) is 9.39. The Bertz CT molecular complexity index is 318. The van der Waals surface area contributed by atoms with E-state index in [1.165, 1.54) is 0 Å². The number of aromatic nitrogens is 1. The van der Waals surface area contributed by atoms with Crippen LogP contribution in [0.15, 0.2) is 12.3 Å². The summed E-state index contributed by atoms with van der Waals surface area (Å²) in [6, 6.07) is 1.56. The standard InChI is InChI=1S/C12H18FN/c1-5-6-12(3,4)10-7-11(13)14-8-9(10)2/h7-8H,5-6H2,1-4H3. The summed E-state index contributed by atoms with van der Waals surface area (Å²) in [6.07, 6.45) is 3.79. The van der Waals surface area contributed by atoms with Crippen LogP contribution in [0.2, 0.25) is 0 Å². The molecule has 0 unspecified atom stereocenters. The van der Waals surface area contributed by atoms with Crippen molar-refractivity contribution >= 4 is 0 Å². The van der Waals surface area contributed by atoms with Crippen LogP contribution < -0.4 is 0 Å². The largest absolute Gasteiger partial charge is 0.228 e. The Balaban J connectivity index is 3.10. The number of aryl methyl sites for hydroxylation is 1. The molecule has 1 rings (SSSR count). The zero-order valence-corrected chi connectivity index (χ0v) is 9.39. The second-order valence-corrected chi connectivity index (χ2v) is 4.46. The van der Waals surface area contributed by atoms with Gasteiger partial charge in [-0.15, -0.1) is 0 Å². The third-order valence-corrected chi connectivity index (χ3v) is 2.67. The van der Waals surface area contributed by atoms with Crippen molar-refractivity contribution < 1.29 is 4.39 Å². The Morgan fingerprint density at radius 2 is 2.07 bits per heavy atom. The fourth-order valence-electron chi connectivity index (χ4n) is 1.99. The van der Waals surface area contributed by atoms with E-state index in [-0.39, 0.29) is 11.4 Å². The Morgan fingerprint density at radius 3 is 2.64 bits per heavy atom. The van der Waals surface area contributed by atoms with Gasteiger partial charge in [-0.05, 0) is 36.0 Å². The van der Waals surface area contributed by atoms with E-state index in [0.717, 1.165) is 24.0 Å². The topological polar surface area (TPSA) is 12.9 Å². The number of pyridine rings is 1. The van der Waals surface area contributed by atoms with Gasteiger partial charge in [0.05, 0.1) is 0 Å². The normalized spacial score (nSPS) is 11.8. The van der Waals surface area contributed by atoms with Gasteiger partial charge in [0.1, 0.15) is 0 Å². The van der Waals surface area contributed by atoms with Crippen LogP contribution in [-0.4, -0.2) is 4.98 Å². The third-order valence-electron chi connectivity index (χ3n) is 2.67. The van der Waals surface area contributed by atoms with E-state index < -0.39 is 0 Å². The van der Waals surface area contributed by atoms with Gasteiger partial charge in [-0.25, -0.2) is 4.98 Å². The first-order valence-electron chi connectivity index (χ1n) is 5.10. The summed E-state index contributed by atoms with van der Waals surface area (Å²) in [4.78, 5) is 3.65. The van der Waals surface area contributed by atoms with Crippen LogP contribution in [0, 0.1) is 12.9 Å². The van der Waals surface area contributed by atoms with Crippen LogP contribution in [0.4, 0.5) is 4.39 Å². The van der Waals surface area contributed by atoms with Gasteiger partial charge < -0.3 is 0 Å². The third kappa shape index (κ3) is 2.31. The molecule has 0 aliphatic rings. The van der Waals surface area contributed by atoms with E-state index >= 15 is 0 Å².